The Hall–Kier alpha value is -1.32. The van der Waals surface area contributed by atoms with E-state index in [1.807, 2.05) is 0 Å². The Kier molecular flexibility index (Phi) is 2.75. The Morgan fingerprint density at radius 2 is 2.07 bits per heavy atom. The number of halogens is 2. The molecule has 0 amide bonds. The van der Waals surface area contributed by atoms with E-state index in [9.17, 15) is 4.39 Å². The van der Waals surface area contributed by atoms with Crippen LogP contribution in [0.1, 0.15) is 17.4 Å². The van der Waals surface area contributed by atoms with Gasteiger partial charge < -0.3 is 10.2 Å². The van der Waals surface area contributed by atoms with Crippen molar-refractivity contribution in [2.45, 2.75) is 6.04 Å². The van der Waals surface area contributed by atoms with Gasteiger partial charge in [0.1, 0.15) is 11.6 Å². The maximum Gasteiger partial charge on any atom is 0.142 e. The van der Waals surface area contributed by atoms with Gasteiger partial charge in [0.05, 0.1) is 17.3 Å². The summed E-state index contributed by atoms with van der Waals surface area (Å²) < 4.78 is 18.3. The second kappa shape index (κ2) is 4.04. The molecule has 0 spiro atoms. The van der Waals surface area contributed by atoms with Crippen molar-refractivity contribution in [1.29, 1.82) is 0 Å². The van der Waals surface area contributed by atoms with Crippen LogP contribution in [0.3, 0.4) is 0 Å². The topological polar surface area (TPSA) is 39.2 Å². The van der Waals surface area contributed by atoms with E-state index >= 15 is 0 Å². The highest BCUT2D eigenvalue weighted by atomic mass is 35.5. The molecule has 0 bridgehead atoms. The highest BCUT2D eigenvalue weighted by Gasteiger charge is 2.16. The highest BCUT2D eigenvalue weighted by molar-refractivity contribution is 6.31. The summed E-state index contributed by atoms with van der Waals surface area (Å²) in [5.41, 5.74) is 6.41. The fourth-order valence-electron chi connectivity index (χ4n) is 1.38. The molecule has 0 aliphatic heterocycles. The van der Waals surface area contributed by atoms with Gasteiger partial charge in [-0.15, -0.1) is 0 Å². The van der Waals surface area contributed by atoms with Gasteiger partial charge in [0.15, 0.2) is 0 Å². The molecule has 1 heterocycles. The largest absolute Gasteiger partial charge is 0.467 e. The van der Waals surface area contributed by atoms with Gasteiger partial charge in [0.2, 0.25) is 0 Å². The summed E-state index contributed by atoms with van der Waals surface area (Å²) in [6.07, 6.45) is 1.52. The van der Waals surface area contributed by atoms with Crippen molar-refractivity contribution in [3.05, 3.63) is 58.8 Å². The summed E-state index contributed by atoms with van der Waals surface area (Å²) in [5, 5.41) is 0.0430. The minimum atomic E-state index is -0.539. The third-order valence-corrected chi connectivity index (χ3v) is 2.56. The molecule has 0 fully saturated rings. The Balaban J connectivity index is 2.42. The third-order valence-electron chi connectivity index (χ3n) is 2.17. The smallest absolute Gasteiger partial charge is 0.142 e. The van der Waals surface area contributed by atoms with Crippen LogP contribution in [0, 0.1) is 5.82 Å². The third kappa shape index (κ3) is 1.89. The lowest BCUT2D eigenvalue weighted by Gasteiger charge is -2.11. The van der Waals surface area contributed by atoms with Crippen molar-refractivity contribution in [2.24, 2.45) is 5.73 Å². The Bertz CT molecular complexity index is 456. The predicted octanol–water partition coefficient (Wildman–Crippen LogP) is 3.12. The minimum Gasteiger partial charge on any atom is -0.467 e. The molecule has 0 aliphatic carbocycles. The monoisotopic (exact) mass is 225 g/mol. The van der Waals surface area contributed by atoms with E-state index in [-0.39, 0.29) is 5.02 Å². The second-order valence-electron chi connectivity index (χ2n) is 3.14. The van der Waals surface area contributed by atoms with Crippen LogP contribution >= 0.6 is 11.6 Å². The molecule has 0 aliphatic rings. The van der Waals surface area contributed by atoms with Gasteiger partial charge in [-0.3, -0.25) is 0 Å². The zero-order chi connectivity index (χ0) is 10.8. The average Bonchev–Trinajstić information content (AvgIpc) is 2.74. The molecule has 0 saturated carbocycles. The molecule has 0 saturated heterocycles. The lowest BCUT2D eigenvalue weighted by Crippen LogP contribution is -2.11. The molecule has 0 radical (unpaired) electrons. The number of nitrogens with two attached hydrogens (primary N) is 1. The molecule has 1 atom stereocenters. The van der Waals surface area contributed by atoms with E-state index in [0.717, 1.165) is 0 Å². The van der Waals surface area contributed by atoms with E-state index in [1.54, 1.807) is 24.3 Å². The van der Waals surface area contributed by atoms with E-state index in [4.69, 9.17) is 21.8 Å². The molecule has 1 aromatic heterocycles. The van der Waals surface area contributed by atoms with Crippen molar-refractivity contribution >= 4 is 11.6 Å². The maximum atomic E-state index is 13.2. The summed E-state index contributed by atoms with van der Waals surface area (Å²) >= 11 is 5.81. The van der Waals surface area contributed by atoms with E-state index in [0.29, 0.717) is 11.3 Å². The lowest BCUT2D eigenvalue weighted by molar-refractivity contribution is 0.489. The van der Waals surface area contributed by atoms with Crippen molar-refractivity contribution in [3.8, 4) is 0 Å². The number of hydrogen-bond donors (Lipinski definition) is 1. The molecule has 15 heavy (non-hydrogen) atoms. The van der Waals surface area contributed by atoms with E-state index < -0.39 is 11.9 Å². The molecular weight excluding hydrogens is 217 g/mol. The summed E-state index contributed by atoms with van der Waals surface area (Å²) in [7, 11) is 0. The summed E-state index contributed by atoms with van der Waals surface area (Å²) in [6.45, 7) is 0. The van der Waals surface area contributed by atoms with Gasteiger partial charge >= 0.3 is 0 Å². The lowest BCUT2D eigenvalue weighted by atomic mass is 10.1. The minimum absolute atomic E-state index is 0.0430. The Morgan fingerprint density at radius 3 is 2.73 bits per heavy atom. The van der Waals surface area contributed by atoms with Crippen molar-refractivity contribution in [2.75, 3.05) is 0 Å². The Labute approximate surface area is 91.5 Å². The van der Waals surface area contributed by atoms with Crippen LogP contribution < -0.4 is 5.73 Å². The molecule has 2 rings (SSSR count). The van der Waals surface area contributed by atoms with Crippen LogP contribution in [-0.2, 0) is 0 Å². The molecule has 4 heteroatoms. The van der Waals surface area contributed by atoms with Crippen molar-refractivity contribution < 1.29 is 8.81 Å². The highest BCUT2D eigenvalue weighted by Crippen LogP contribution is 2.28. The molecule has 2 nitrogen and oxygen atoms in total. The maximum absolute atomic E-state index is 13.2. The molecule has 2 N–H and O–H groups in total. The van der Waals surface area contributed by atoms with Gasteiger partial charge in [-0.05, 0) is 23.8 Å². The van der Waals surface area contributed by atoms with Gasteiger partial charge in [0.25, 0.3) is 0 Å². The second-order valence-corrected chi connectivity index (χ2v) is 3.51. The molecule has 78 valence electrons. The zero-order valence-corrected chi connectivity index (χ0v) is 8.54. The summed E-state index contributed by atoms with van der Waals surface area (Å²) in [5.74, 6) is 0.0821. The van der Waals surface area contributed by atoms with E-state index in [2.05, 4.69) is 0 Å². The fraction of sp³-hybridized carbons (Fsp3) is 0.0909. The van der Waals surface area contributed by atoms with Crippen LogP contribution in [0.15, 0.2) is 41.0 Å². The normalized spacial score (nSPS) is 12.7. The fourth-order valence-corrected chi connectivity index (χ4v) is 1.63. The zero-order valence-electron chi connectivity index (χ0n) is 7.78. The molecule has 1 aromatic carbocycles. The number of benzene rings is 1. The first kappa shape index (κ1) is 10.2. The van der Waals surface area contributed by atoms with Crippen molar-refractivity contribution in [1.82, 2.24) is 0 Å². The van der Waals surface area contributed by atoms with Gasteiger partial charge in [0, 0.05) is 0 Å². The van der Waals surface area contributed by atoms with Gasteiger partial charge in [-0.1, -0.05) is 23.7 Å². The van der Waals surface area contributed by atoms with Crippen LogP contribution in [0.25, 0.3) is 0 Å². The molecular formula is C11H9ClFNO. The SMILES string of the molecule is NC(c1ccco1)c1cccc(F)c1Cl. The summed E-state index contributed by atoms with van der Waals surface area (Å²) in [4.78, 5) is 0. The first-order chi connectivity index (χ1) is 7.20. The van der Waals surface area contributed by atoms with Crippen LogP contribution in [0.2, 0.25) is 5.02 Å². The quantitative estimate of drug-likeness (QED) is 0.853. The average molecular weight is 226 g/mol. The van der Waals surface area contributed by atoms with Crippen molar-refractivity contribution in [3.63, 3.8) is 0 Å². The standard InChI is InChI=1S/C11H9ClFNO/c12-10-7(3-1-4-8(10)13)11(14)9-5-2-6-15-9/h1-6,11H,14H2. The first-order valence-corrected chi connectivity index (χ1v) is 4.81. The van der Waals surface area contributed by atoms with Gasteiger partial charge in [-0.25, -0.2) is 4.39 Å². The van der Waals surface area contributed by atoms with Crippen LogP contribution in [0.5, 0.6) is 0 Å². The van der Waals surface area contributed by atoms with Crippen LogP contribution in [0.4, 0.5) is 4.39 Å². The number of hydrogen-bond acceptors (Lipinski definition) is 2. The first-order valence-electron chi connectivity index (χ1n) is 4.43. The Morgan fingerprint density at radius 1 is 1.27 bits per heavy atom. The summed E-state index contributed by atoms with van der Waals surface area (Å²) in [6, 6.07) is 7.45. The van der Waals surface area contributed by atoms with Crippen LogP contribution in [-0.4, -0.2) is 0 Å². The number of rotatable bonds is 2. The molecule has 2 aromatic rings. The van der Waals surface area contributed by atoms with Gasteiger partial charge in [-0.2, -0.15) is 0 Å². The van der Waals surface area contributed by atoms with E-state index in [1.165, 1.54) is 12.3 Å². The predicted molar refractivity (Wildman–Crippen MR) is 56.1 cm³/mol. The molecule has 1 unspecified atom stereocenters. The number of furan rings is 1.